The van der Waals surface area contributed by atoms with Crippen LogP contribution in [0.1, 0.15) is 36.0 Å². The predicted molar refractivity (Wildman–Crippen MR) is 87.6 cm³/mol. The first kappa shape index (κ1) is 16.3. The van der Waals surface area contributed by atoms with Gasteiger partial charge in [0.15, 0.2) is 0 Å². The Labute approximate surface area is 134 Å². The van der Waals surface area contributed by atoms with E-state index < -0.39 is 0 Å². The second kappa shape index (κ2) is 6.79. The van der Waals surface area contributed by atoms with E-state index in [1.807, 2.05) is 11.9 Å². The summed E-state index contributed by atoms with van der Waals surface area (Å²) in [5, 5.41) is 9.55. The molecule has 0 aromatic heterocycles. The molecule has 2 atom stereocenters. The minimum atomic E-state index is 0.00875. The Morgan fingerprint density at radius 2 is 1.81 bits per heavy atom. The number of rotatable bonds is 3. The zero-order valence-electron chi connectivity index (χ0n) is 12.8. The van der Waals surface area contributed by atoms with Gasteiger partial charge in [0.05, 0.1) is 4.47 Å². The summed E-state index contributed by atoms with van der Waals surface area (Å²) in [6.07, 6.45) is 4.58. The predicted octanol–water partition coefficient (Wildman–Crippen LogP) is 3.10. The van der Waals surface area contributed by atoms with E-state index in [0.29, 0.717) is 16.1 Å². The number of hydrogen-bond donors (Lipinski definition) is 1. The van der Waals surface area contributed by atoms with Gasteiger partial charge in [-0.25, -0.2) is 0 Å². The fourth-order valence-corrected chi connectivity index (χ4v) is 3.52. The highest BCUT2D eigenvalue weighted by molar-refractivity contribution is 9.10. The van der Waals surface area contributed by atoms with Gasteiger partial charge in [0, 0.05) is 24.7 Å². The van der Waals surface area contributed by atoms with E-state index in [0.717, 1.165) is 12.8 Å². The van der Waals surface area contributed by atoms with Crippen LogP contribution in [0.3, 0.4) is 0 Å². The molecular formula is C16H23BrN2O2. The number of amides is 1. The fraction of sp³-hybridized carbons (Fsp3) is 0.562. The molecule has 1 aliphatic rings. The van der Waals surface area contributed by atoms with Gasteiger partial charge in [0.25, 0.3) is 5.91 Å². The first-order valence-electron chi connectivity index (χ1n) is 7.34. The number of phenolic OH excluding ortho intramolecular Hbond substituents is 1. The Morgan fingerprint density at radius 3 is 2.38 bits per heavy atom. The van der Waals surface area contributed by atoms with Crippen molar-refractivity contribution in [2.45, 2.75) is 37.8 Å². The van der Waals surface area contributed by atoms with Crippen LogP contribution < -0.4 is 0 Å². The number of halogens is 1. The summed E-state index contributed by atoms with van der Waals surface area (Å²) in [6, 6.07) is 5.56. The zero-order chi connectivity index (χ0) is 15.6. The SMILES string of the molecule is CN(C)C1CCCCC1N(C)C(=O)c1ccc(O)c(Br)c1. The van der Waals surface area contributed by atoms with Crippen LogP contribution in [-0.2, 0) is 0 Å². The van der Waals surface area contributed by atoms with Crippen molar-refractivity contribution in [3.63, 3.8) is 0 Å². The lowest BCUT2D eigenvalue weighted by molar-refractivity contribution is 0.0544. The van der Waals surface area contributed by atoms with Crippen molar-refractivity contribution in [2.24, 2.45) is 0 Å². The van der Waals surface area contributed by atoms with Crippen LogP contribution in [0.2, 0.25) is 0 Å². The van der Waals surface area contributed by atoms with E-state index in [2.05, 4.69) is 34.9 Å². The maximum atomic E-state index is 12.7. The number of likely N-dealkylation sites (N-methyl/N-ethyl adjacent to an activating group) is 2. The molecule has 1 saturated carbocycles. The molecule has 21 heavy (non-hydrogen) atoms. The summed E-state index contributed by atoms with van der Waals surface area (Å²) in [5.41, 5.74) is 0.602. The van der Waals surface area contributed by atoms with Gasteiger partial charge < -0.3 is 14.9 Å². The van der Waals surface area contributed by atoms with Crippen molar-refractivity contribution in [2.75, 3.05) is 21.1 Å². The van der Waals surface area contributed by atoms with Crippen molar-refractivity contribution >= 4 is 21.8 Å². The molecule has 116 valence electrons. The smallest absolute Gasteiger partial charge is 0.253 e. The van der Waals surface area contributed by atoms with Crippen LogP contribution in [0.4, 0.5) is 0 Å². The lowest BCUT2D eigenvalue weighted by Crippen LogP contribution is -2.51. The van der Waals surface area contributed by atoms with E-state index >= 15 is 0 Å². The molecule has 0 saturated heterocycles. The third-order valence-electron chi connectivity index (χ3n) is 4.37. The summed E-state index contributed by atoms with van der Waals surface area (Å²) in [6.45, 7) is 0. The molecule has 1 aromatic carbocycles. The van der Waals surface area contributed by atoms with Crippen LogP contribution >= 0.6 is 15.9 Å². The fourth-order valence-electron chi connectivity index (χ4n) is 3.14. The van der Waals surface area contributed by atoms with Gasteiger partial charge in [0.2, 0.25) is 0 Å². The normalized spacial score (nSPS) is 22.3. The molecule has 0 spiro atoms. The monoisotopic (exact) mass is 354 g/mol. The first-order valence-corrected chi connectivity index (χ1v) is 8.13. The van der Waals surface area contributed by atoms with Gasteiger partial charge in [-0.3, -0.25) is 4.79 Å². The third kappa shape index (κ3) is 3.58. The summed E-state index contributed by atoms with van der Waals surface area (Å²) >= 11 is 3.27. The number of carbonyl (C=O) groups is 1. The largest absolute Gasteiger partial charge is 0.507 e. The molecule has 4 nitrogen and oxygen atoms in total. The van der Waals surface area contributed by atoms with Crippen LogP contribution in [-0.4, -0.2) is 54.0 Å². The van der Waals surface area contributed by atoms with E-state index in [1.165, 1.54) is 12.8 Å². The van der Waals surface area contributed by atoms with Gasteiger partial charge in [-0.05, 0) is 61.1 Å². The molecule has 0 heterocycles. The molecule has 1 aliphatic carbocycles. The number of hydrogen-bond acceptors (Lipinski definition) is 3. The van der Waals surface area contributed by atoms with Crippen LogP contribution in [0, 0.1) is 0 Å². The van der Waals surface area contributed by atoms with E-state index in [4.69, 9.17) is 0 Å². The number of benzene rings is 1. The maximum Gasteiger partial charge on any atom is 0.253 e. The molecule has 1 N–H and O–H groups in total. The Kier molecular flexibility index (Phi) is 5.27. The number of carbonyl (C=O) groups excluding carboxylic acids is 1. The maximum absolute atomic E-state index is 12.7. The van der Waals surface area contributed by atoms with Gasteiger partial charge in [-0.2, -0.15) is 0 Å². The Balaban J connectivity index is 2.18. The first-order chi connectivity index (χ1) is 9.91. The number of aromatic hydroxyl groups is 1. The second-order valence-electron chi connectivity index (χ2n) is 5.97. The molecule has 5 heteroatoms. The molecule has 2 rings (SSSR count). The average molecular weight is 355 g/mol. The van der Waals surface area contributed by atoms with Crippen molar-refractivity contribution in [1.29, 1.82) is 0 Å². The van der Waals surface area contributed by atoms with Crippen LogP contribution in [0.15, 0.2) is 22.7 Å². The van der Waals surface area contributed by atoms with Crippen molar-refractivity contribution in [3.05, 3.63) is 28.2 Å². The summed E-state index contributed by atoms with van der Waals surface area (Å²) in [5.74, 6) is 0.160. The van der Waals surface area contributed by atoms with Gasteiger partial charge >= 0.3 is 0 Å². The summed E-state index contributed by atoms with van der Waals surface area (Å²) < 4.78 is 0.551. The lowest BCUT2D eigenvalue weighted by Gasteiger charge is -2.41. The van der Waals surface area contributed by atoms with Gasteiger partial charge in [-0.1, -0.05) is 12.8 Å². The summed E-state index contributed by atoms with van der Waals surface area (Å²) in [4.78, 5) is 16.8. The summed E-state index contributed by atoms with van der Waals surface area (Å²) in [7, 11) is 6.05. The van der Waals surface area contributed by atoms with Gasteiger partial charge in [-0.15, -0.1) is 0 Å². The van der Waals surface area contributed by atoms with E-state index in [1.54, 1.807) is 18.2 Å². The van der Waals surface area contributed by atoms with Crippen molar-refractivity contribution in [3.8, 4) is 5.75 Å². The minimum Gasteiger partial charge on any atom is -0.507 e. The lowest BCUT2D eigenvalue weighted by atomic mass is 9.88. The molecule has 0 aliphatic heterocycles. The standard InChI is InChI=1S/C16H23BrN2O2/c1-18(2)13-6-4-5-7-14(13)19(3)16(21)11-8-9-15(20)12(17)10-11/h8-10,13-14,20H,4-7H2,1-3H3. The Morgan fingerprint density at radius 1 is 1.19 bits per heavy atom. The molecular weight excluding hydrogens is 332 g/mol. The van der Waals surface area contributed by atoms with Crippen molar-refractivity contribution in [1.82, 2.24) is 9.80 Å². The number of phenols is 1. The molecule has 2 unspecified atom stereocenters. The van der Waals surface area contributed by atoms with Crippen molar-refractivity contribution < 1.29 is 9.90 Å². The zero-order valence-corrected chi connectivity index (χ0v) is 14.4. The molecule has 0 radical (unpaired) electrons. The Hall–Kier alpha value is -1.07. The third-order valence-corrected chi connectivity index (χ3v) is 5.00. The highest BCUT2D eigenvalue weighted by atomic mass is 79.9. The Bertz CT molecular complexity index is 519. The number of nitrogens with zero attached hydrogens (tertiary/aromatic N) is 2. The van der Waals surface area contributed by atoms with E-state index in [9.17, 15) is 9.90 Å². The molecule has 1 amide bonds. The molecule has 0 bridgehead atoms. The quantitative estimate of drug-likeness (QED) is 0.906. The average Bonchev–Trinajstić information content (AvgIpc) is 2.48. The minimum absolute atomic E-state index is 0.00875. The molecule has 1 aromatic rings. The molecule has 1 fully saturated rings. The highest BCUT2D eigenvalue weighted by Gasteiger charge is 2.32. The van der Waals surface area contributed by atoms with Gasteiger partial charge in [0.1, 0.15) is 5.75 Å². The highest BCUT2D eigenvalue weighted by Crippen LogP contribution is 2.28. The van der Waals surface area contributed by atoms with Crippen LogP contribution in [0.25, 0.3) is 0 Å². The second-order valence-corrected chi connectivity index (χ2v) is 6.82. The van der Waals surface area contributed by atoms with E-state index in [-0.39, 0.29) is 17.7 Å². The van der Waals surface area contributed by atoms with Crippen LogP contribution in [0.5, 0.6) is 5.75 Å². The topological polar surface area (TPSA) is 43.8 Å².